The van der Waals surface area contributed by atoms with Crippen LogP contribution in [0.25, 0.3) is 0 Å². The second-order valence-electron chi connectivity index (χ2n) is 3.85. The lowest BCUT2D eigenvalue weighted by atomic mass is 10.2. The van der Waals surface area contributed by atoms with Crippen LogP contribution in [0, 0.1) is 17.1 Å². The maximum Gasteiger partial charge on any atom is 0.141 e. The standard InChI is InChI=1S/C15H12FNO2/c1-18-15-5-3-2-4-11(15)10-19-13-6-7-14(16)12(8-13)9-17/h2-8H,10H2,1H3. The van der Waals surface area contributed by atoms with E-state index in [1.165, 1.54) is 18.2 Å². The molecular weight excluding hydrogens is 245 g/mol. The van der Waals surface area contributed by atoms with Gasteiger partial charge in [0, 0.05) is 11.6 Å². The molecule has 0 heterocycles. The van der Waals surface area contributed by atoms with Crippen LogP contribution in [0.4, 0.5) is 4.39 Å². The highest BCUT2D eigenvalue weighted by Gasteiger charge is 2.05. The fourth-order valence-corrected chi connectivity index (χ4v) is 1.66. The first kappa shape index (κ1) is 12.9. The van der Waals surface area contributed by atoms with E-state index in [1.54, 1.807) is 13.2 Å². The van der Waals surface area contributed by atoms with E-state index >= 15 is 0 Å². The average molecular weight is 257 g/mol. The molecule has 0 spiro atoms. The molecule has 2 rings (SSSR count). The van der Waals surface area contributed by atoms with E-state index in [2.05, 4.69) is 0 Å². The van der Waals surface area contributed by atoms with Crippen molar-refractivity contribution in [1.82, 2.24) is 0 Å². The Labute approximate surface area is 110 Å². The quantitative estimate of drug-likeness (QED) is 0.844. The predicted octanol–water partition coefficient (Wildman–Crippen LogP) is 3.28. The van der Waals surface area contributed by atoms with E-state index in [4.69, 9.17) is 14.7 Å². The van der Waals surface area contributed by atoms with Gasteiger partial charge in [-0.1, -0.05) is 18.2 Å². The molecule has 0 bridgehead atoms. The third-order valence-corrected chi connectivity index (χ3v) is 2.65. The third kappa shape index (κ3) is 3.02. The summed E-state index contributed by atoms with van der Waals surface area (Å²) < 4.78 is 23.9. The number of methoxy groups -OCH3 is 1. The maximum atomic E-state index is 13.2. The van der Waals surface area contributed by atoms with Gasteiger partial charge in [0.05, 0.1) is 12.7 Å². The van der Waals surface area contributed by atoms with Crippen molar-refractivity contribution in [2.24, 2.45) is 0 Å². The van der Waals surface area contributed by atoms with Crippen LogP contribution < -0.4 is 9.47 Å². The molecule has 0 saturated heterocycles. The molecule has 3 nitrogen and oxygen atoms in total. The lowest BCUT2D eigenvalue weighted by Crippen LogP contribution is -1.99. The zero-order chi connectivity index (χ0) is 13.7. The lowest BCUT2D eigenvalue weighted by molar-refractivity contribution is 0.296. The topological polar surface area (TPSA) is 42.2 Å². The Hall–Kier alpha value is -2.54. The molecule has 2 aromatic carbocycles. The highest BCUT2D eigenvalue weighted by Crippen LogP contribution is 2.21. The molecule has 0 amide bonds. The maximum absolute atomic E-state index is 13.2. The first-order chi connectivity index (χ1) is 9.24. The minimum Gasteiger partial charge on any atom is -0.496 e. The summed E-state index contributed by atoms with van der Waals surface area (Å²) >= 11 is 0. The summed E-state index contributed by atoms with van der Waals surface area (Å²) in [4.78, 5) is 0. The molecular formula is C15H12FNO2. The number of nitriles is 1. The Balaban J connectivity index is 2.13. The molecule has 0 atom stereocenters. The Morgan fingerprint density at radius 1 is 1.21 bits per heavy atom. The molecule has 0 saturated carbocycles. The summed E-state index contributed by atoms with van der Waals surface area (Å²) in [5.41, 5.74) is 0.852. The smallest absolute Gasteiger partial charge is 0.141 e. The monoisotopic (exact) mass is 257 g/mol. The largest absolute Gasteiger partial charge is 0.496 e. The zero-order valence-corrected chi connectivity index (χ0v) is 10.4. The summed E-state index contributed by atoms with van der Waals surface area (Å²) in [5, 5.41) is 8.74. The van der Waals surface area contributed by atoms with Gasteiger partial charge in [-0.05, 0) is 18.2 Å². The number of hydrogen-bond donors (Lipinski definition) is 0. The predicted molar refractivity (Wildman–Crippen MR) is 68.4 cm³/mol. The number of nitrogens with zero attached hydrogens (tertiary/aromatic N) is 1. The van der Waals surface area contributed by atoms with Gasteiger partial charge in [-0.2, -0.15) is 5.26 Å². The summed E-state index contributed by atoms with van der Waals surface area (Å²) in [6, 6.07) is 13.3. The number of halogens is 1. The molecule has 0 unspecified atom stereocenters. The minimum atomic E-state index is -0.549. The Morgan fingerprint density at radius 2 is 2.00 bits per heavy atom. The van der Waals surface area contributed by atoms with Crippen molar-refractivity contribution >= 4 is 0 Å². The lowest BCUT2D eigenvalue weighted by Gasteiger charge is -2.10. The van der Waals surface area contributed by atoms with Crippen molar-refractivity contribution in [3.8, 4) is 17.6 Å². The SMILES string of the molecule is COc1ccccc1COc1ccc(F)c(C#N)c1. The fraction of sp³-hybridized carbons (Fsp3) is 0.133. The Morgan fingerprint density at radius 3 is 2.74 bits per heavy atom. The van der Waals surface area contributed by atoms with E-state index in [0.717, 1.165) is 11.3 Å². The Bertz CT molecular complexity index is 620. The molecule has 0 aromatic heterocycles. The molecule has 4 heteroatoms. The highest BCUT2D eigenvalue weighted by molar-refractivity contribution is 5.38. The minimum absolute atomic E-state index is 0.0301. The van der Waals surface area contributed by atoms with Gasteiger partial charge in [0.25, 0.3) is 0 Å². The van der Waals surface area contributed by atoms with Crippen LogP contribution >= 0.6 is 0 Å². The average Bonchev–Trinajstić information content (AvgIpc) is 2.46. The van der Waals surface area contributed by atoms with Crippen molar-refractivity contribution in [3.05, 3.63) is 59.4 Å². The fourth-order valence-electron chi connectivity index (χ4n) is 1.66. The van der Waals surface area contributed by atoms with Crippen molar-refractivity contribution < 1.29 is 13.9 Å². The van der Waals surface area contributed by atoms with Gasteiger partial charge >= 0.3 is 0 Å². The van der Waals surface area contributed by atoms with E-state index in [0.29, 0.717) is 12.4 Å². The summed E-state index contributed by atoms with van der Waals surface area (Å²) in [5.74, 6) is 0.626. The summed E-state index contributed by atoms with van der Waals surface area (Å²) in [6.07, 6.45) is 0. The van der Waals surface area contributed by atoms with Crippen LogP contribution in [0.2, 0.25) is 0 Å². The number of benzene rings is 2. The third-order valence-electron chi connectivity index (χ3n) is 2.65. The van der Waals surface area contributed by atoms with Gasteiger partial charge in [0.1, 0.15) is 30.0 Å². The van der Waals surface area contributed by atoms with Crippen LogP contribution in [0.1, 0.15) is 11.1 Å². The molecule has 0 aliphatic heterocycles. The van der Waals surface area contributed by atoms with Crippen LogP contribution in [-0.2, 0) is 6.61 Å². The zero-order valence-electron chi connectivity index (χ0n) is 10.4. The number of para-hydroxylation sites is 1. The summed E-state index contributed by atoms with van der Waals surface area (Å²) in [7, 11) is 1.59. The molecule has 96 valence electrons. The molecule has 2 aromatic rings. The highest BCUT2D eigenvalue weighted by atomic mass is 19.1. The van der Waals surface area contributed by atoms with Gasteiger partial charge in [0.2, 0.25) is 0 Å². The van der Waals surface area contributed by atoms with E-state index in [-0.39, 0.29) is 5.56 Å². The molecule has 0 aliphatic rings. The first-order valence-corrected chi connectivity index (χ1v) is 5.69. The van der Waals surface area contributed by atoms with Crippen LogP contribution in [-0.4, -0.2) is 7.11 Å². The van der Waals surface area contributed by atoms with E-state index in [1.807, 2.05) is 24.3 Å². The first-order valence-electron chi connectivity index (χ1n) is 5.69. The second-order valence-corrected chi connectivity index (χ2v) is 3.85. The molecule has 0 radical (unpaired) electrons. The van der Waals surface area contributed by atoms with Gasteiger partial charge < -0.3 is 9.47 Å². The number of hydrogen-bond acceptors (Lipinski definition) is 3. The number of ether oxygens (including phenoxy) is 2. The van der Waals surface area contributed by atoms with Crippen LogP contribution in [0.3, 0.4) is 0 Å². The van der Waals surface area contributed by atoms with Crippen LogP contribution in [0.5, 0.6) is 11.5 Å². The van der Waals surface area contributed by atoms with E-state index in [9.17, 15) is 4.39 Å². The van der Waals surface area contributed by atoms with Crippen molar-refractivity contribution in [2.75, 3.05) is 7.11 Å². The van der Waals surface area contributed by atoms with Crippen molar-refractivity contribution in [3.63, 3.8) is 0 Å². The van der Waals surface area contributed by atoms with Gasteiger partial charge in [-0.15, -0.1) is 0 Å². The molecule has 19 heavy (non-hydrogen) atoms. The van der Waals surface area contributed by atoms with Gasteiger partial charge in [0.15, 0.2) is 0 Å². The molecule has 0 fully saturated rings. The second kappa shape index (κ2) is 5.87. The number of rotatable bonds is 4. The van der Waals surface area contributed by atoms with Crippen LogP contribution in [0.15, 0.2) is 42.5 Å². The van der Waals surface area contributed by atoms with Gasteiger partial charge in [-0.25, -0.2) is 4.39 Å². The van der Waals surface area contributed by atoms with E-state index < -0.39 is 5.82 Å². The normalized spacial score (nSPS) is 9.74. The van der Waals surface area contributed by atoms with Gasteiger partial charge in [-0.3, -0.25) is 0 Å². The van der Waals surface area contributed by atoms with Crippen molar-refractivity contribution in [2.45, 2.75) is 6.61 Å². The molecule has 0 aliphatic carbocycles. The van der Waals surface area contributed by atoms with Crippen molar-refractivity contribution in [1.29, 1.82) is 5.26 Å². The Kier molecular flexibility index (Phi) is 3.99. The summed E-state index contributed by atoms with van der Waals surface area (Å²) in [6.45, 7) is 0.292. The molecule has 0 N–H and O–H groups in total.